The van der Waals surface area contributed by atoms with Crippen LogP contribution in [0, 0.1) is 6.92 Å². The molecule has 0 aromatic carbocycles. The van der Waals surface area contributed by atoms with Gasteiger partial charge in [-0.2, -0.15) is 5.10 Å². The highest BCUT2D eigenvalue weighted by molar-refractivity contribution is 9.11. The Hall–Kier alpha value is -0.130. The molecule has 0 bridgehead atoms. The first kappa shape index (κ1) is 11.9. The minimum absolute atomic E-state index is 0.761. The number of nitrogens with zero attached hydrogens (tertiary/aromatic N) is 2. The molecule has 0 spiro atoms. The van der Waals surface area contributed by atoms with E-state index in [9.17, 15) is 0 Å². The second-order valence-electron chi connectivity index (χ2n) is 3.09. The summed E-state index contributed by atoms with van der Waals surface area (Å²) < 4.78 is 3.91. The molecule has 0 amide bonds. The summed E-state index contributed by atoms with van der Waals surface area (Å²) in [6, 6.07) is 0. The maximum Gasteiger partial charge on any atom is 0.0739 e. The molecule has 0 saturated heterocycles. The summed E-state index contributed by atoms with van der Waals surface area (Å²) in [5.74, 6) is 0. The van der Waals surface area contributed by atoms with Gasteiger partial charge in [0.05, 0.1) is 15.9 Å². The van der Waals surface area contributed by atoms with Crippen LogP contribution in [0.5, 0.6) is 0 Å². The van der Waals surface area contributed by atoms with Crippen LogP contribution in [-0.2, 0) is 13.6 Å². The van der Waals surface area contributed by atoms with E-state index in [0.717, 1.165) is 33.4 Å². The van der Waals surface area contributed by atoms with Crippen LogP contribution in [0.15, 0.2) is 15.5 Å². The molecule has 0 saturated carbocycles. The normalized spacial score (nSPS) is 10.6. The predicted molar refractivity (Wildman–Crippen MR) is 65.4 cm³/mol. The van der Waals surface area contributed by atoms with Gasteiger partial charge in [0.25, 0.3) is 0 Å². The quantitative estimate of drug-likeness (QED) is 0.923. The maximum absolute atomic E-state index is 4.30. The highest BCUT2D eigenvalue weighted by atomic mass is 79.9. The van der Waals surface area contributed by atoms with Gasteiger partial charge in [-0.1, -0.05) is 22.5 Å². The Balaban J connectivity index is 2.62. The summed E-state index contributed by atoms with van der Waals surface area (Å²) in [5.41, 5.74) is 2.17. The van der Waals surface area contributed by atoms with E-state index >= 15 is 0 Å². The average Bonchev–Trinajstić information content (AvgIpc) is 2.31. The SMILES string of the molecule is C=C(Br)CNCc1c(Br)c(C)nn1C. The summed E-state index contributed by atoms with van der Waals surface area (Å²) >= 11 is 6.81. The Morgan fingerprint density at radius 2 is 2.29 bits per heavy atom. The van der Waals surface area contributed by atoms with E-state index in [4.69, 9.17) is 0 Å². The molecule has 0 aliphatic heterocycles. The average molecular weight is 323 g/mol. The van der Waals surface area contributed by atoms with E-state index in [0.29, 0.717) is 0 Å². The van der Waals surface area contributed by atoms with Gasteiger partial charge in [0.15, 0.2) is 0 Å². The van der Waals surface area contributed by atoms with Crippen molar-refractivity contribution in [2.45, 2.75) is 13.5 Å². The van der Waals surface area contributed by atoms with E-state index < -0.39 is 0 Å². The Bertz CT molecular complexity index is 344. The molecule has 1 aromatic heterocycles. The van der Waals surface area contributed by atoms with Gasteiger partial charge in [-0.05, 0) is 22.9 Å². The molecule has 14 heavy (non-hydrogen) atoms. The van der Waals surface area contributed by atoms with Crippen molar-refractivity contribution in [1.82, 2.24) is 15.1 Å². The van der Waals surface area contributed by atoms with Crippen LogP contribution in [0.4, 0.5) is 0 Å². The molecule has 5 heteroatoms. The Morgan fingerprint density at radius 1 is 1.64 bits per heavy atom. The molecule has 0 atom stereocenters. The van der Waals surface area contributed by atoms with Crippen molar-refractivity contribution in [3.8, 4) is 0 Å². The van der Waals surface area contributed by atoms with Crippen LogP contribution in [0.2, 0.25) is 0 Å². The third kappa shape index (κ3) is 2.93. The first-order valence-electron chi connectivity index (χ1n) is 4.24. The maximum atomic E-state index is 4.30. The molecule has 0 aliphatic carbocycles. The lowest BCUT2D eigenvalue weighted by Gasteiger charge is -2.04. The lowest BCUT2D eigenvalue weighted by atomic mass is 10.3. The molecular weight excluding hydrogens is 310 g/mol. The van der Waals surface area contributed by atoms with Crippen LogP contribution < -0.4 is 5.32 Å². The van der Waals surface area contributed by atoms with Crippen molar-refractivity contribution in [2.75, 3.05) is 6.54 Å². The van der Waals surface area contributed by atoms with Crippen LogP contribution in [-0.4, -0.2) is 16.3 Å². The van der Waals surface area contributed by atoms with Gasteiger partial charge in [0, 0.05) is 24.6 Å². The van der Waals surface area contributed by atoms with Crippen molar-refractivity contribution < 1.29 is 0 Å². The van der Waals surface area contributed by atoms with Crippen LogP contribution in [0.25, 0.3) is 0 Å². The third-order valence-corrected chi connectivity index (χ3v) is 3.18. The molecule has 0 radical (unpaired) electrons. The summed E-state index contributed by atoms with van der Waals surface area (Å²) in [5, 5.41) is 7.56. The summed E-state index contributed by atoms with van der Waals surface area (Å²) in [4.78, 5) is 0. The zero-order valence-electron chi connectivity index (χ0n) is 8.27. The van der Waals surface area contributed by atoms with Gasteiger partial charge in [0.1, 0.15) is 0 Å². The molecule has 0 aliphatic rings. The van der Waals surface area contributed by atoms with Crippen LogP contribution in [0.3, 0.4) is 0 Å². The van der Waals surface area contributed by atoms with Gasteiger partial charge < -0.3 is 5.32 Å². The second kappa shape index (κ2) is 5.09. The standard InChI is InChI=1S/C9H13Br2N3/c1-6(10)4-12-5-8-9(11)7(2)13-14(8)3/h12H,1,4-5H2,2-3H3. The van der Waals surface area contributed by atoms with Crippen molar-refractivity contribution in [1.29, 1.82) is 0 Å². The molecule has 1 N–H and O–H groups in total. The lowest BCUT2D eigenvalue weighted by molar-refractivity contribution is 0.650. The van der Waals surface area contributed by atoms with Crippen LogP contribution in [0.1, 0.15) is 11.4 Å². The van der Waals surface area contributed by atoms with Gasteiger partial charge in [-0.25, -0.2) is 0 Å². The fraction of sp³-hybridized carbons (Fsp3) is 0.444. The highest BCUT2D eigenvalue weighted by Gasteiger charge is 2.09. The smallest absolute Gasteiger partial charge is 0.0739 e. The minimum atomic E-state index is 0.761. The fourth-order valence-corrected chi connectivity index (χ4v) is 1.86. The van der Waals surface area contributed by atoms with E-state index in [1.165, 1.54) is 0 Å². The monoisotopic (exact) mass is 321 g/mol. The van der Waals surface area contributed by atoms with Crippen molar-refractivity contribution in [2.24, 2.45) is 7.05 Å². The summed E-state index contributed by atoms with van der Waals surface area (Å²) in [6.07, 6.45) is 0. The second-order valence-corrected chi connectivity index (χ2v) is 5.00. The fourth-order valence-electron chi connectivity index (χ4n) is 1.19. The molecule has 78 valence electrons. The number of hydrogen-bond acceptors (Lipinski definition) is 2. The van der Waals surface area contributed by atoms with Crippen LogP contribution >= 0.6 is 31.9 Å². The first-order valence-corrected chi connectivity index (χ1v) is 5.83. The van der Waals surface area contributed by atoms with Crippen molar-refractivity contribution in [3.05, 3.63) is 26.9 Å². The number of hydrogen-bond donors (Lipinski definition) is 1. The summed E-state index contributed by atoms with van der Waals surface area (Å²) in [6.45, 7) is 7.28. The molecule has 1 aromatic rings. The Labute approximate surface area is 101 Å². The molecule has 0 unspecified atom stereocenters. The first-order chi connectivity index (χ1) is 6.52. The van der Waals surface area contributed by atoms with Gasteiger partial charge in [-0.15, -0.1) is 0 Å². The number of aromatic nitrogens is 2. The molecule has 3 nitrogen and oxygen atoms in total. The number of nitrogens with one attached hydrogen (secondary N) is 1. The Kier molecular flexibility index (Phi) is 4.34. The van der Waals surface area contributed by atoms with Crippen molar-refractivity contribution >= 4 is 31.9 Å². The third-order valence-electron chi connectivity index (χ3n) is 1.87. The van der Waals surface area contributed by atoms with Gasteiger partial charge >= 0.3 is 0 Å². The van der Waals surface area contributed by atoms with Gasteiger partial charge in [-0.3, -0.25) is 4.68 Å². The predicted octanol–water partition coefficient (Wildman–Crippen LogP) is 2.49. The van der Waals surface area contributed by atoms with E-state index in [-0.39, 0.29) is 0 Å². The Morgan fingerprint density at radius 3 is 2.71 bits per heavy atom. The zero-order chi connectivity index (χ0) is 10.7. The number of aryl methyl sites for hydroxylation is 2. The highest BCUT2D eigenvalue weighted by Crippen LogP contribution is 2.19. The molecule has 1 heterocycles. The topological polar surface area (TPSA) is 29.9 Å². The zero-order valence-corrected chi connectivity index (χ0v) is 11.4. The minimum Gasteiger partial charge on any atom is -0.307 e. The van der Waals surface area contributed by atoms with E-state index in [2.05, 4.69) is 48.9 Å². The number of rotatable bonds is 4. The van der Waals surface area contributed by atoms with Crippen molar-refractivity contribution in [3.63, 3.8) is 0 Å². The van der Waals surface area contributed by atoms with Gasteiger partial charge in [0.2, 0.25) is 0 Å². The van der Waals surface area contributed by atoms with E-state index in [1.54, 1.807) is 0 Å². The molecular formula is C9H13Br2N3. The lowest BCUT2D eigenvalue weighted by Crippen LogP contribution is -2.17. The molecule has 1 rings (SSSR count). The number of halogens is 2. The largest absolute Gasteiger partial charge is 0.307 e. The van der Waals surface area contributed by atoms with E-state index in [1.807, 2.05) is 18.7 Å². The molecule has 0 fully saturated rings. The summed E-state index contributed by atoms with van der Waals surface area (Å²) in [7, 11) is 1.94.